The van der Waals surface area contributed by atoms with Crippen LogP contribution in [0.3, 0.4) is 0 Å². The van der Waals surface area contributed by atoms with Gasteiger partial charge in [-0.15, -0.1) is 0 Å². The summed E-state index contributed by atoms with van der Waals surface area (Å²) >= 11 is 0. The molecule has 8 heteroatoms. The van der Waals surface area contributed by atoms with Crippen molar-refractivity contribution >= 4 is 21.6 Å². The molecule has 7 nitrogen and oxygen atoms in total. The molecule has 0 saturated carbocycles. The third-order valence-corrected chi connectivity index (χ3v) is 6.50. The van der Waals surface area contributed by atoms with E-state index >= 15 is 0 Å². The lowest BCUT2D eigenvalue weighted by atomic mass is 10.1. The van der Waals surface area contributed by atoms with Gasteiger partial charge in [-0.25, -0.2) is 18.4 Å². The van der Waals surface area contributed by atoms with Crippen LogP contribution < -0.4 is 5.32 Å². The van der Waals surface area contributed by atoms with Crippen molar-refractivity contribution in [1.29, 1.82) is 0 Å². The second kappa shape index (κ2) is 9.15. The fourth-order valence-electron chi connectivity index (χ4n) is 2.76. The molecule has 1 N–H and O–H groups in total. The number of carbonyl (C=O) groups excluding carboxylic acids is 1. The maximum Gasteiger partial charge on any atom is 0.258 e. The number of hydrogen-bond donors (Lipinski definition) is 1. The predicted octanol–water partition coefficient (Wildman–Crippen LogP) is 3.42. The van der Waals surface area contributed by atoms with Gasteiger partial charge in [0.25, 0.3) is 5.91 Å². The van der Waals surface area contributed by atoms with Crippen LogP contribution in [0.15, 0.2) is 65.8 Å². The Kier molecular flexibility index (Phi) is 6.59. The summed E-state index contributed by atoms with van der Waals surface area (Å²) in [4.78, 5) is 20.9. The van der Waals surface area contributed by atoms with Crippen LogP contribution in [0, 0.1) is 6.92 Å². The van der Waals surface area contributed by atoms with Crippen LogP contribution in [0.1, 0.15) is 34.2 Å². The zero-order valence-electron chi connectivity index (χ0n) is 17.2. The molecule has 30 heavy (non-hydrogen) atoms. The van der Waals surface area contributed by atoms with E-state index in [1.54, 1.807) is 24.3 Å². The minimum absolute atomic E-state index is 0.00338. The van der Waals surface area contributed by atoms with Gasteiger partial charge in [0, 0.05) is 25.1 Å². The maximum absolute atomic E-state index is 12.7. The van der Waals surface area contributed by atoms with E-state index in [4.69, 9.17) is 0 Å². The molecule has 0 aliphatic rings. The van der Waals surface area contributed by atoms with Crippen LogP contribution in [0.25, 0.3) is 0 Å². The third kappa shape index (κ3) is 5.08. The Balaban J connectivity index is 1.65. The lowest BCUT2D eigenvalue weighted by Gasteiger charge is -2.16. The number of aromatic nitrogens is 2. The lowest BCUT2D eigenvalue weighted by Crippen LogP contribution is -2.27. The van der Waals surface area contributed by atoms with Gasteiger partial charge in [-0.2, -0.15) is 4.31 Å². The number of sulfonamides is 1. The molecule has 1 heterocycles. The molecule has 0 bridgehead atoms. The third-order valence-electron chi connectivity index (χ3n) is 4.68. The Morgan fingerprint density at radius 3 is 2.17 bits per heavy atom. The molecule has 0 fully saturated rings. The number of carbonyl (C=O) groups is 1. The molecule has 0 atom stereocenters. The van der Waals surface area contributed by atoms with Crippen LogP contribution in [0.2, 0.25) is 0 Å². The first-order valence-corrected chi connectivity index (χ1v) is 11.0. The minimum atomic E-state index is -3.65. The first-order valence-electron chi connectivity index (χ1n) is 9.54. The Hall–Kier alpha value is -3.10. The van der Waals surface area contributed by atoms with Gasteiger partial charge < -0.3 is 5.32 Å². The van der Waals surface area contributed by atoms with Crippen molar-refractivity contribution < 1.29 is 13.2 Å². The van der Waals surface area contributed by atoms with Gasteiger partial charge in [-0.05, 0) is 43.2 Å². The second-order valence-electron chi connectivity index (χ2n) is 6.97. The number of nitrogens with zero attached hydrogens (tertiary/aromatic N) is 3. The van der Waals surface area contributed by atoms with Gasteiger partial charge in [0.1, 0.15) is 5.82 Å². The average Bonchev–Trinajstić information content (AvgIpc) is 2.75. The van der Waals surface area contributed by atoms with Gasteiger partial charge in [0.15, 0.2) is 0 Å². The van der Waals surface area contributed by atoms with Crippen molar-refractivity contribution in [3.63, 3.8) is 0 Å². The maximum atomic E-state index is 12.7. The molecule has 0 saturated heterocycles. The number of amides is 1. The van der Waals surface area contributed by atoms with Crippen molar-refractivity contribution in [1.82, 2.24) is 14.3 Å². The molecule has 1 amide bonds. The van der Waals surface area contributed by atoms with Crippen LogP contribution in [0.4, 0.5) is 5.69 Å². The summed E-state index contributed by atoms with van der Waals surface area (Å²) < 4.78 is 26.5. The van der Waals surface area contributed by atoms with E-state index in [9.17, 15) is 13.2 Å². The van der Waals surface area contributed by atoms with Crippen LogP contribution in [0.5, 0.6) is 0 Å². The van der Waals surface area contributed by atoms with Crippen molar-refractivity contribution in [2.45, 2.75) is 31.7 Å². The Labute approximate surface area is 176 Å². The van der Waals surface area contributed by atoms with Crippen molar-refractivity contribution in [2.75, 3.05) is 12.4 Å². The highest BCUT2D eigenvalue weighted by molar-refractivity contribution is 7.89. The molecule has 3 rings (SSSR count). The smallest absolute Gasteiger partial charge is 0.258 e. The van der Waals surface area contributed by atoms with Gasteiger partial charge in [-0.3, -0.25) is 4.79 Å². The SMILES string of the molecule is CCc1ccc(NC(=O)c2cnc(CN(C)S(=O)(=O)c3ccc(C)cc3)nc2)cc1. The molecule has 0 unspecified atom stereocenters. The number of anilines is 1. The normalized spacial score (nSPS) is 11.5. The Bertz CT molecular complexity index is 1110. The molecule has 0 aliphatic heterocycles. The molecular formula is C22H24N4O3S. The quantitative estimate of drug-likeness (QED) is 0.627. The summed E-state index contributed by atoms with van der Waals surface area (Å²) in [5.41, 5.74) is 3.15. The van der Waals surface area contributed by atoms with E-state index in [0.717, 1.165) is 12.0 Å². The monoisotopic (exact) mass is 424 g/mol. The molecule has 156 valence electrons. The van der Waals surface area contributed by atoms with Gasteiger partial charge in [0.05, 0.1) is 17.0 Å². The first-order chi connectivity index (χ1) is 14.3. The standard InChI is InChI=1S/C22H24N4O3S/c1-4-17-7-9-19(10-8-17)25-22(27)18-13-23-21(24-14-18)15-26(3)30(28,29)20-11-5-16(2)6-12-20/h5-14H,4,15H2,1-3H3,(H,25,27). The summed E-state index contributed by atoms with van der Waals surface area (Å²) in [5, 5.41) is 2.79. The molecule has 0 radical (unpaired) electrons. The number of benzene rings is 2. The van der Waals surface area contributed by atoms with E-state index in [0.29, 0.717) is 17.1 Å². The van der Waals surface area contributed by atoms with Gasteiger partial charge in [-0.1, -0.05) is 36.8 Å². The number of aryl methyl sites for hydroxylation is 2. The average molecular weight is 425 g/mol. The first kappa shape index (κ1) is 21.6. The number of hydrogen-bond acceptors (Lipinski definition) is 5. The van der Waals surface area contributed by atoms with E-state index in [1.165, 1.54) is 29.3 Å². The summed E-state index contributed by atoms with van der Waals surface area (Å²) in [6.45, 7) is 3.96. The highest BCUT2D eigenvalue weighted by Crippen LogP contribution is 2.17. The molecule has 2 aromatic carbocycles. The molecule has 1 aromatic heterocycles. The predicted molar refractivity (Wildman–Crippen MR) is 116 cm³/mol. The fourth-order valence-corrected chi connectivity index (χ4v) is 3.88. The van der Waals surface area contributed by atoms with E-state index in [1.807, 2.05) is 31.2 Å². The van der Waals surface area contributed by atoms with Gasteiger partial charge >= 0.3 is 0 Å². The van der Waals surface area contributed by atoms with Crippen molar-refractivity contribution in [3.05, 3.63) is 83.4 Å². The Morgan fingerprint density at radius 2 is 1.60 bits per heavy atom. The molecule has 3 aromatic rings. The van der Waals surface area contributed by atoms with Crippen molar-refractivity contribution in [3.8, 4) is 0 Å². The topological polar surface area (TPSA) is 92.3 Å². The lowest BCUT2D eigenvalue weighted by molar-refractivity contribution is 0.102. The number of rotatable bonds is 7. The zero-order chi connectivity index (χ0) is 21.7. The molecule has 0 spiro atoms. The van der Waals surface area contributed by atoms with Crippen LogP contribution in [-0.4, -0.2) is 35.6 Å². The van der Waals surface area contributed by atoms with Gasteiger partial charge in [0.2, 0.25) is 10.0 Å². The summed E-state index contributed by atoms with van der Waals surface area (Å²) in [6, 6.07) is 14.2. The highest BCUT2D eigenvalue weighted by Gasteiger charge is 2.21. The van der Waals surface area contributed by atoms with E-state index in [-0.39, 0.29) is 17.3 Å². The second-order valence-corrected chi connectivity index (χ2v) is 9.01. The van der Waals surface area contributed by atoms with Crippen LogP contribution in [-0.2, 0) is 23.0 Å². The van der Waals surface area contributed by atoms with E-state index in [2.05, 4.69) is 22.2 Å². The van der Waals surface area contributed by atoms with Crippen molar-refractivity contribution in [2.24, 2.45) is 0 Å². The molecular weight excluding hydrogens is 400 g/mol. The summed E-state index contributed by atoms with van der Waals surface area (Å²) in [6.07, 6.45) is 3.71. The van der Waals surface area contributed by atoms with E-state index < -0.39 is 10.0 Å². The zero-order valence-corrected chi connectivity index (χ0v) is 18.0. The largest absolute Gasteiger partial charge is 0.322 e. The molecule has 0 aliphatic carbocycles. The highest BCUT2D eigenvalue weighted by atomic mass is 32.2. The Morgan fingerprint density at radius 1 is 1.00 bits per heavy atom. The van der Waals surface area contributed by atoms with Crippen LogP contribution >= 0.6 is 0 Å². The fraction of sp³-hybridized carbons (Fsp3) is 0.227. The minimum Gasteiger partial charge on any atom is -0.322 e. The summed E-state index contributed by atoms with van der Waals surface area (Å²) in [7, 11) is -2.18. The number of nitrogens with one attached hydrogen (secondary N) is 1. The summed E-state index contributed by atoms with van der Waals surface area (Å²) in [5.74, 6) is -0.0246.